The van der Waals surface area contributed by atoms with Crippen LogP contribution in [0.2, 0.25) is 10.0 Å². The number of rotatable bonds is 4. The maximum absolute atomic E-state index is 11.8. The third-order valence-electron chi connectivity index (χ3n) is 2.66. The average molecular weight is 374 g/mol. The molecule has 1 aromatic heterocycles. The maximum atomic E-state index is 11.8. The van der Waals surface area contributed by atoms with Crippen molar-refractivity contribution in [1.29, 1.82) is 0 Å². The van der Waals surface area contributed by atoms with Gasteiger partial charge in [0.05, 0.1) is 0 Å². The molecule has 0 radical (unpaired) electrons. The summed E-state index contributed by atoms with van der Waals surface area (Å²) in [5.41, 5.74) is 1.33. The first-order chi connectivity index (χ1) is 9.56. The van der Waals surface area contributed by atoms with Crippen molar-refractivity contribution in [3.05, 3.63) is 62.3 Å². The van der Waals surface area contributed by atoms with Crippen molar-refractivity contribution in [3.8, 4) is 0 Å². The largest absolute Gasteiger partial charge is 0.350 e. The van der Waals surface area contributed by atoms with Crippen LogP contribution in [0.3, 0.4) is 0 Å². The normalized spacial score (nSPS) is 10.3. The number of amides is 1. The van der Waals surface area contributed by atoms with Crippen molar-refractivity contribution in [2.45, 2.75) is 6.42 Å². The van der Waals surface area contributed by atoms with Crippen molar-refractivity contribution < 1.29 is 4.79 Å². The van der Waals surface area contributed by atoms with Gasteiger partial charge in [0.25, 0.3) is 5.91 Å². The lowest BCUT2D eigenvalue weighted by Gasteiger charge is -2.07. The second-order valence-electron chi connectivity index (χ2n) is 4.10. The highest BCUT2D eigenvalue weighted by Crippen LogP contribution is 2.21. The Morgan fingerprint density at radius 1 is 1.25 bits per heavy atom. The topological polar surface area (TPSA) is 42.0 Å². The Hall–Kier alpha value is -1.10. The molecule has 0 spiro atoms. The van der Waals surface area contributed by atoms with E-state index in [4.69, 9.17) is 23.2 Å². The van der Waals surface area contributed by atoms with Gasteiger partial charge in [-0.25, -0.2) is 4.98 Å². The van der Waals surface area contributed by atoms with Crippen LogP contribution in [0.25, 0.3) is 0 Å². The van der Waals surface area contributed by atoms with Crippen LogP contribution in [0.5, 0.6) is 0 Å². The summed E-state index contributed by atoms with van der Waals surface area (Å²) in [6.45, 7) is 0.484. The van der Waals surface area contributed by atoms with Crippen LogP contribution < -0.4 is 5.32 Å². The third-order valence-corrected chi connectivity index (χ3v) is 3.71. The van der Waals surface area contributed by atoms with E-state index in [1.54, 1.807) is 30.5 Å². The molecule has 0 aliphatic carbocycles. The van der Waals surface area contributed by atoms with Crippen LogP contribution in [0.15, 0.2) is 41.0 Å². The fourth-order valence-electron chi connectivity index (χ4n) is 1.64. The minimum Gasteiger partial charge on any atom is -0.350 e. The molecule has 0 fully saturated rings. The Morgan fingerprint density at radius 2 is 2.05 bits per heavy atom. The number of carbonyl (C=O) groups excluding carboxylic acids is 1. The van der Waals surface area contributed by atoms with Gasteiger partial charge in [0.1, 0.15) is 5.69 Å². The van der Waals surface area contributed by atoms with E-state index in [9.17, 15) is 4.79 Å². The number of halogens is 3. The predicted molar refractivity (Wildman–Crippen MR) is 84.4 cm³/mol. The summed E-state index contributed by atoms with van der Waals surface area (Å²) in [4.78, 5) is 15.9. The smallest absolute Gasteiger partial charge is 0.269 e. The molecule has 0 saturated carbocycles. The van der Waals surface area contributed by atoms with Crippen molar-refractivity contribution in [3.63, 3.8) is 0 Å². The first kappa shape index (κ1) is 15.3. The molecule has 0 bridgehead atoms. The van der Waals surface area contributed by atoms with Crippen LogP contribution >= 0.6 is 39.1 Å². The van der Waals surface area contributed by atoms with Crippen LogP contribution in [-0.2, 0) is 6.42 Å². The van der Waals surface area contributed by atoms with Crippen molar-refractivity contribution in [2.75, 3.05) is 6.54 Å². The molecule has 1 amide bonds. The molecular weight excluding hydrogens is 363 g/mol. The quantitative estimate of drug-likeness (QED) is 0.875. The van der Waals surface area contributed by atoms with Crippen molar-refractivity contribution in [2.24, 2.45) is 0 Å². The summed E-state index contributed by atoms with van der Waals surface area (Å²) >= 11 is 15.2. The third kappa shape index (κ3) is 4.20. The van der Waals surface area contributed by atoms with Gasteiger partial charge in [0.2, 0.25) is 0 Å². The number of aromatic nitrogens is 1. The lowest BCUT2D eigenvalue weighted by molar-refractivity contribution is 0.0949. The average Bonchev–Trinajstić information content (AvgIpc) is 2.42. The fraction of sp³-hybridized carbons (Fsp3) is 0.143. The molecule has 2 rings (SSSR count). The van der Waals surface area contributed by atoms with Crippen LogP contribution in [0, 0.1) is 0 Å². The second kappa shape index (κ2) is 7.07. The van der Waals surface area contributed by atoms with Crippen LogP contribution in [0.4, 0.5) is 0 Å². The van der Waals surface area contributed by atoms with Crippen LogP contribution in [-0.4, -0.2) is 17.4 Å². The molecule has 104 valence electrons. The fourth-order valence-corrected chi connectivity index (χ4v) is 2.37. The van der Waals surface area contributed by atoms with E-state index < -0.39 is 0 Å². The molecule has 1 heterocycles. The highest BCUT2D eigenvalue weighted by molar-refractivity contribution is 9.10. The Kier molecular flexibility index (Phi) is 5.40. The van der Waals surface area contributed by atoms with Gasteiger partial charge in [0, 0.05) is 27.3 Å². The zero-order valence-corrected chi connectivity index (χ0v) is 13.5. The number of nitrogens with one attached hydrogen (secondary N) is 1. The number of hydrogen-bond donors (Lipinski definition) is 1. The van der Waals surface area contributed by atoms with E-state index in [1.807, 2.05) is 6.07 Å². The molecule has 0 saturated heterocycles. The summed E-state index contributed by atoms with van der Waals surface area (Å²) in [5, 5.41) is 4.00. The van der Waals surface area contributed by atoms with Gasteiger partial charge < -0.3 is 5.32 Å². The summed E-state index contributed by atoms with van der Waals surface area (Å²) in [6.07, 6.45) is 2.23. The molecule has 0 atom stereocenters. The van der Waals surface area contributed by atoms with Crippen molar-refractivity contribution in [1.82, 2.24) is 10.3 Å². The van der Waals surface area contributed by atoms with Gasteiger partial charge in [-0.05, 0) is 52.2 Å². The SMILES string of the molecule is O=C(NCCc1ccc(Cl)cc1Cl)c1ccc(Br)cn1. The number of benzene rings is 1. The number of carbonyl (C=O) groups is 1. The molecule has 2 aromatic rings. The number of nitrogens with zero attached hydrogens (tertiary/aromatic N) is 1. The van der Waals surface area contributed by atoms with Gasteiger partial charge in [-0.15, -0.1) is 0 Å². The highest BCUT2D eigenvalue weighted by Gasteiger charge is 2.07. The molecule has 0 aliphatic heterocycles. The number of hydrogen-bond acceptors (Lipinski definition) is 2. The monoisotopic (exact) mass is 372 g/mol. The van der Waals surface area contributed by atoms with Gasteiger partial charge in [-0.1, -0.05) is 29.3 Å². The Balaban J connectivity index is 1.89. The Morgan fingerprint density at radius 3 is 2.70 bits per heavy atom. The van der Waals surface area contributed by atoms with E-state index in [1.165, 1.54) is 0 Å². The molecular formula is C14H11BrCl2N2O. The first-order valence-corrected chi connectivity index (χ1v) is 7.45. The zero-order chi connectivity index (χ0) is 14.5. The Bertz CT molecular complexity index is 617. The molecule has 1 N–H and O–H groups in total. The maximum Gasteiger partial charge on any atom is 0.269 e. The molecule has 3 nitrogen and oxygen atoms in total. The van der Waals surface area contributed by atoms with Crippen molar-refractivity contribution >= 4 is 45.0 Å². The van der Waals surface area contributed by atoms with Gasteiger partial charge in [-0.3, -0.25) is 4.79 Å². The molecule has 20 heavy (non-hydrogen) atoms. The molecule has 1 aromatic carbocycles. The zero-order valence-electron chi connectivity index (χ0n) is 10.4. The lowest BCUT2D eigenvalue weighted by Crippen LogP contribution is -2.26. The summed E-state index contributed by atoms with van der Waals surface area (Å²) in [5.74, 6) is -0.206. The minimum atomic E-state index is -0.206. The van der Waals surface area contributed by atoms with Gasteiger partial charge in [0.15, 0.2) is 0 Å². The van der Waals surface area contributed by atoms with E-state index in [0.717, 1.165) is 10.0 Å². The molecule has 6 heteroatoms. The summed E-state index contributed by atoms with van der Waals surface area (Å²) in [6, 6.07) is 8.76. The molecule has 0 unspecified atom stereocenters. The number of pyridine rings is 1. The van der Waals surface area contributed by atoms with Gasteiger partial charge >= 0.3 is 0 Å². The van der Waals surface area contributed by atoms with E-state index in [2.05, 4.69) is 26.2 Å². The predicted octanol–water partition coefficient (Wildman–Crippen LogP) is 4.12. The van der Waals surface area contributed by atoms with Gasteiger partial charge in [-0.2, -0.15) is 0 Å². The van der Waals surface area contributed by atoms with E-state index in [-0.39, 0.29) is 5.91 Å². The minimum absolute atomic E-state index is 0.206. The highest BCUT2D eigenvalue weighted by atomic mass is 79.9. The summed E-state index contributed by atoms with van der Waals surface area (Å²) in [7, 11) is 0. The first-order valence-electron chi connectivity index (χ1n) is 5.90. The molecule has 0 aliphatic rings. The Labute approximate surface area is 135 Å². The standard InChI is InChI=1S/C14H11BrCl2N2O/c15-10-2-4-13(19-8-10)14(20)18-6-5-9-1-3-11(16)7-12(9)17/h1-4,7-8H,5-6H2,(H,18,20). The lowest BCUT2D eigenvalue weighted by atomic mass is 10.1. The van der Waals surface area contributed by atoms with E-state index >= 15 is 0 Å². The summed E-state index contributed by atoms with van der Waals surface area (Å²) < 4.78 is 0.835. The second-order valence-corrected chi connectivity index (χ2v) is 5.86. The van der Waals surface area contributed by atoms with E-state index in [0.29, 0.717) is 28.7 Å². The van der Waals surface area contributed by atoms with Crippen LogP contribution in [0.1, 0.15) is 16.1 Å².